The molecule has 5 heteroatoms. The number of benzene rings is 1. The van der Waals surface area contributed by atoms with E-state index < -0.39 is 6.10 Å². The number of hydrogen-bond donors (Lipinski definition) is 0. The fourth-order valence-electron chi connectivity index (χ4n) is 2.17. The van der Waals surface area contributed by atoms with Crippen LogP contribution in [0, 0.1) is 5.92 Å². The van der Waals surface area contributed by atoms with Crippen LogP contribution < -0.4 is 4.74 Å². The van der Waals surface area contributed by atoms with Gasteiger partial charge in [-0.3, -0.25) is 4.79 Å². The summed E-state index contributed by atoms with van der Waals surface area (Å²) in [5, 5.41) is 0.737. The second kappa shape index (κ2) is 6.12. The van der Waals surface area contributed by atoms with Crippen molar-refractivity contribution in [2.45, 2.75) is 26.4 Å². The van der Waals surface area contributed by atoms with Gasteiger partial charge in [0.25, 0.3) is 0 Å². The van der Waals surface area contributed by atoms with Gasteiger partial charge in [0.1, 0.15) is 11.9 Å². The van der Waals surface area contributed by atoms with Gasteiger partial charge in [-0.05, 0) is 25.3 Å². The lowest BCUT2D eigenvalue weighted by molar-refractivity contribution is 0.0579. The van der Waals surface area contributed by atoms with Gasteiger partial charge in [-0.2, -0.15) is 0 Å². The van der Waals surface area contributed by atoms with E-state index in [2.05, 4.69) is 0 Å². The van der Waals surface area contributed by atoms with Crippen molar-refractivity contribution in [2.24, 2.45) is 5.92 Å². The van der Waals surface area contributed by atoms with Crippen LogP contribution in [0.15, 0.2) is 12.1 Å². The van der Waals surface area contributed by atoms with Gasteiger partial charge in [0, 0.05) is 18.2 Å². The molecule has 0 saturated carbocycles. The molecule has 104 valence electrons. The molecule has 0 aliphatic carbocycles. The lowest BCUT2D eigenvalue weighted by atomic mass is 9.96. The number of carbonyl (C=O) groups excluding carboxylic acids is 1. The average Bonchev–Trinajstić information content (AvgIpc) is 2.79. The summed E-state index contributed by atoms with van der Waals surface area (Å²) in [6.45, 7) is 4.96. The quantitative estimate of drug-likeness (QED) is 0.789. The Balaban J connectivity index is 2.29. The van der Waals surface area contributed by atoms with Crippen molar-refractivity contribution in [3.05, 3.63) is 27.7 Å². The highest BCUT2D eigenvalue weighted by atomic mass is 35.5. The maximum absolute atomic E-state index is 12.4. The molecule has 2 unspecified atom stereocenters. The smallest absolute Gasteiger partial charge is 0.193 e. The lowest BCUT2D eigenvalue weighted by Gasteiger charge is -2.15. The number of hydrogen-bond acceptors (Lipinski definition) is 3. The summed E-state index contributed by atoms with van der Waals surface area (Å²) < 4.78 is 10.8. The number of carbonyl (C=O) groups is 1. The molecule has 1 aliphatic rings. The van der Waals surface area contributed by atoms with Crippen LogP contribution in [-0.2, 0) is 4.74 Å². The van der Waals surface area contributed by atoms with Crippen molar-refractivity contribution in [1.82, 2.24) is 0 Å². The van der Waals surface area contributed by atoms with Crippen LogP contribution in [0.3, 0.4) is 0 Å². The van der Waals surface area contributed by atoms with Gasteiger partial charge < -0.3 is 9.47 Å². The van der Waals surface area contributed by atoms with Crippen LogP contribution in [0.25, 0.3) is 0 Å². The number of Topliss-reactive ketones (excluding diaryl/α,β-unsaturated/α-hetero) is 1. The topological polar surface area (TPSA) is 35.5 Å². The monoisotopic (exact) mass is 302 g/mol. The van der Waals surface area contributed by atoms with Crippen molar-refractivity contribution in [2.75, 3.05) is 13.2 Å². The Bertz CT molecular complexity index is 488. The van der Waals surface area contributed by atoms with Crippen molar-refractivity contribution < 1.29 is 14.3 Å². The average molecular weight is 303 g/mol. The Hall–Kier alpha value is -0.770. The Morgan fingerprint density at radius 3 is 2.74 bits per heavy atom. The van der Waals surface area contributed by atoms with Gasteiger partial charge in [0.2, 0.25) is 0 Å². The second-order valence-corrected chi connectivity index (χ2v) is 5.43. The maximum Gasteiger partial charge on any atom is 0.193 e. The van der Waals surface area contributed by atoms with E-state index in [9.17, 15) is 4.79 Å². The van der Waals surface area contributed by atoms with E-state index in [1.807, 2.05) is 13.8 Å². The minimum Gasteiger partial charge on any atom is -0.492 e. The first-order valence-corrected chi connectivity index (χ1v) is 7.07. The van der Waals surface area contributed by atoms with E-state index in [0.717, 1.165) is 6.42 Å². The Morgan fingerprint density at radius 2 is 2.16 bits per heavy atom. The van der Waals surface area contributed by atoms with Gasteiger partial charge >= 0.3 is 0 Å². The van der Waals surface area contributed by atoms with E-state index in [1.54, 1.807) is 12.1 Å². The lowest BCUT2D eigenvalue weighted by Crippen LogP contribution is -2.25. The predicted molar refractivity (Wildman–Crippen MR) is 75.5 cm³/mol. The van der Waals surface area contributed by atoms with Crippen LogP contribution in [0.2, 0.25) is 10.0 Å². The van der Waals surface area contributed by atoms with Crippen LogP contribution in [0.4, 0.5) is 0 Å². The molecule has 1 aliphatic heterocycles. The first-order valence-electron chi connectivity index (χ1n) is 6.32. The molecule has 1 aromatic carbocycles. The third-order valence-electron chi connectivity index (χ3n) is 3.23. The molecule has 0 aromatic heterocycles. The summed E-state index contributed by atoms with van der Waals surface area (Å²) in [5.74, 6) is 0.583. The van der Waals surface area contributed by atoms with Crippen LogP contribution in [-0.4, -0.2) is 25.1 Å². The zero-order chi connectivity index (χ0) is 14.0. The SMILES string of the molecule is CCOc1cc(Cl)c(C(=O)C2OCCC2C)cc1Cl. The molecule has 19 heavy (non-hydrogen) atoms. The van der Waals surface area contributed by atoms with Gasteiger partial charge in [0.05, 0.1) is 16.7 Å². The highest BCUT2D eigenvalue weighted by molar-refractivity contribution is 6.37. The molecule has 0 radical (unpaired) electrons. The summed E-state index contributed by atoms with van der Waals surface area (Å²) in [7, 11) is 0. The zero-order valence-electron chi connectivity index (χ0n) is 10.9. The summed E-state index contributed by atoms with van der Waals surface area (Å²) in [5.41, 5.74) is 0.397. The maximum atomic E-state index is 12.4. The molecular weight excluding hydrogens is 287 g/mol. The molecule has 2 rings (SSSR count). The van der Waals surface area contributed by atoms with Crippen LogP contribution in [0.1, 0.15) is 30.6 Å². The largest absolute Gasteiger partial charge is 0.492 e. The standard InChI is InChI=1S/C14H16Cl2O3/c1-3-18-12-7-10(15)9(6-11(12)16)13(17)14-8(2)4-5-19-14/h6-8,14H,3-5H2,1-2H3. The summed E-state index contributed by atoms with van der Waals surface area (Å²) in [6.07, 6.45) is 0.463. The Labute approximate surface area is 122 Å². The molecule has 1 saturated heterocycles. The molecule has 0 N–H and O–H groups in total. The van der Waals surface area contributed by atoms with Crippen LogP contribution >= 0.6 is 23.2 Å². The van der Waals surface area contributed by atoms with E-state index in [1.165, 1.54) is 0 Å². The molecule has 1 aromatic rings. The number of ether oxygens (including phenoxy) is 2. The summed E-state index contributed by atoms with van der Waals surface area (Å²) in [4.78, 5) is 12.4. The number of halogens is 2. The Kier molecular flexibility index (Phi) is 4.71. The van der Waals surface area contributed by atoms with E-state index in [-0.39, 0.29) is 11.7 Å². The van der Waals surface area contributed by atoms with Gasteiger partial charge in [-0.15, -0.1) is 0 Å². The van der Waals surface area contributed by atoms with Crippen molar-refractivity contribution >= 4 is 29.0 Å². The third-order valence-corrected chi connectivity index (χ3v) is 3.84. The molecule has 0 amide bonds. The first kappa shape index (κ1) is 14.6. The number of rotatable bonds is 4. The third kappa shape index (κ3) is 3.04. The minimum atomic E-state index is -0.425. The summed E-state index contributed by atoms with van der Waals surface area (Å²) >= 11 is 12.2. The molecular formula is C14H16Cl2O3. The molecule has 0 spiro atoms. The van der Waals surface area contributed by atoms with Crippen molar-refractivity contribution in [3.63, 3.8) is 0 Å². The second-order valence-electron chi connectivity index (χ2n) is 4.62. The summed E-state index contributed by atoms with van der Waals surface area (Å²) in [6, 6.07) is 3.14. The van der Waals surface area contributed by atoms with Gasteiger partial charge in [-0.25, -0.2) is 0 Å². The van der Waals surface area contributed by atoms with Gasteiger partial charge in [-0.1, -0.05) is 30.1 Å². The van der Waals surface area contributed by atoms with E-state index in [4.69, 9.17) is 32.7 Å². The first-order chi connectivity index (χ1) is 9.04. The Morgan fingerprint density at radius 1 is 1.42 bits per heavy atom. The predicted octanol–water partition coefficient (Wildman–Crippen LogP) is 4.00. The van der Waals surface area contributed by atoms with E-state index >= 15 is 0 Å². The van der Waals surface area contributed by atoms with Crippen LogP contribution in [0.5, 0.6) is 5.75 Å². The molecule has 0 bridgehead atoms. The molecule has 3 nitrogen and oxygen atoms in total. The highest BCUT2D eigenvalue weighted by Crippen LogP contribution is 2.34. The fourth-order valence-corrected chi connectivity index (χ4v) is 2.63. The zero-order valence-corrected chi connectivity index (χ0v) is 12.4. The molecule has 1 fully saturated rings. The van der Waals surface area contributed by atoms with Gasteiger partial charge in [0.15, 0.2) is 5.78 Å². The minimum absolute atomic E-state index is 0.111. The van der Waals surface area contributed by atoms with Crippen molar-refractivity contribution in [3.8, 4) is 5.75 Å². The molecule has 1 heterocycles. The fraction of sp³-hybridized carbons (Fsp3) is 0.500. The number of ketones is 1. The molecule has 2 atom stereocenters. The van der Waals surface area contributed by atoms with E-state index in [0.29, 0.717) is 34.6 Å². The highest BCUT2D eigenvalue weighted by Gasteiger charge is 2.32. The normalized spacial score (nSPS) is 22.5. The van der Waals surface area contributed by atoms with Crippen molar-refractivity contribution in [1.29, 1.82) is 0 Å².